The molecule has 7 nitrogen and oxygen atoms in total. The molecule has 1 aliphatic carbocycles. The summed E-state index contributed by atoms with van der Waals surface area (Å²) in [7, 11) is 0. The van der Waals surface area contributed by atoms with Gasteiger partial charge in [0.2, 0.25) is 0 Å². The normalized spacial score (nSPS) is 15.1. The number of aromatic nitrogens is 4. The topological polar surface area (TPSA) is 94.0 Å². The lowest BCUT2D eigenvalue weighted by Gasteiger charge is -2.31. The van der Waals surface area contributed by atoms with E-state index in [1.165, 1.54) is 19.3 Å². The zero-order valence-corrected chi connectivity index (χ0v) is 21.6. The summed E-state index contributed by atoms with van der Waals surface area (Å²) in [5.41, 5.74) is 7.86. The summed E-state index contributed by atoms with van der Waals surface area (Å²) in [4.78, 5) is 21.2. The molecule has 0 spiro atoms. The molecule has 0 radical (unpaired) electrons. The second-order valence-corrected chi connectivity index (χ2v) is 10.2. The third-order valence-electron chi connectivity index (χ3n) is 7.82. The molecule has 4 aromatic heterocycles. The molecule has 1 aliphatic rings. The predicted octanol–water partition coefficient (Wildman–Crippen LogP) is 7.24. The summed E-state index contributed by atoms with van der Waals surface area (Å²) in [6, 6.07) is 15.4. The van der Waals surface area contributed by atoms with Crippen molar-refractivity contribution < 1.29 is 14.4 Å². The van der Waals surface area contributed by atoms with Crippen LogP contribution in [-0.4, -0.2) is 30.8 Å². The number of carboxylic acids is 1. The summed E-state index contributed by atoms with van der Waals surface area (Å²) in [6.07, 6.45) is 12.0. The quantitative estimate of drug-likeness (QED) is 0.261. The first-order valence-electron chi connectivity index (χ1n) is 13.2. The standard InChI is InChI=1S/C31H30N4O3/c1-19-28(20(2)38-34-19)24-16-27-29(33-17-24)25(21-11-13-23(14-12-21)31(36)37)18-35(27)30(22-8-4-3-5-9-22)26-10-6-7-15-32-26/h6-7,10-18,22,30H,3-5,8-9H2,1-2H3,(H,36,37). The Morgan fingerprint density at radius 3 is 2.47 bits per heavy atom. The zero-order chi connectivity index (χ0) is 26.2. The number of benzene rings is 1. The fraction of sp³-hybridized carbons (Fsp3) is 0.290. The van der Waals surface area contributed by atoms with Crippen molar-refractivity contribution in [3.8, 4) is 22.3 Å². The van der Waals surface area contributed by atoms with Crippen molar-refractivity contribution in [3.63, 3.8) is 0 Å². The Balaban J connectivity index is 1.59. The largest absolute Gasteiger partial charge is 0.478 e. The van der Waals surface area contributed by atoms with Gasteiger partial charge < -0.3 is 14.2 Å². The molecule has 1 aromatic carbocycles. The van der Waals surface area contributed by atoms with Crippen LogP contribution in [0, 0.1) is 19.8 Å². The number of hydrogen-bond donors (Lipinski definition) is 1. The number of hydrogen-bond acceptors (Lipinski definition) is 5. The molecule has 5 aromatic rings. The van der Waals surface area contributed by atoms with Crippen LogP contribution in [0.25, 0.3) is 33.3 Å². The number of fused-ring (bicyclic) bond motifs is 1. The Kier molecular flexibility index (Phi) is 6.27. The lowest BCUT2D eigenvalue weighted by molar-refractivity contribution is 0.0697. The van der Waals surface area contributed by atoms with Crippen molar-refractivity contribution in [3.05, 3.63) is 89.8 Å². The molecule has 38 heavy (non-hydrogen) atoms. The van der Waals surface area contributed by atoms with Crippen LogP contribution in [-0.2, 0) is 0 Å². The number of aryl methyl sites for hydroxylation is 2. The van der Waals surface area contributed by atoms with E-state index in [0.29, 0.717) is 5.92 Å². The Morgan fingerprint density at radius 1 is 1.03 bits per heavy atom. The van der Waals surface area contributed by atoms with Gasteiger partial charge in [0.1, 0.15) is 5.76 Å². The van der Waals surface area contributed by atoms with Crippen LogP contribution < -0.4 is 0 Å². The van der Waals surface area contributed by atoms with Crippen molar-refractivity contribution in [1.82, 2.24) is 19.7 Å². The van der Waals surface area contributed by atoms with E-state index in [0.717, 1.165) is 63.3 Å². The molecule has 1 saturated carbocycles. The molecule has 1 N–H and O–H groups in total. The molecule has 7 heteroatoms. The monoisotopic (exact) mass is 506 g/mol. The molecule has 0 aliphatic heterocycles. The first kappa shape index (κ1) is 24.1. The molecule has 1 unspecified atom stereocenters. The molecular formula is C31H30N4O3. The highest BCUT2D eigenvalue weighted by molar-refractivity contribution is 5.96. The molecule has 0 amide bonds. The van der Waals surface area contributed by atoms with Crippen LogP contribution in [0.4, 0.5) is 0 Å². The lowest BCUT2D eigenvalue weighted by atomic mass is 9.82. The number of aromatic carboxylic acids is 1. The second kappa shape index (κ2) is 9.89. The van der Waals surface area contributed by atoms with Gasteiger partial charge in [-0.2, -0.15) is 0 Å². The molecule has 6 rings (SSSR count). The van der Waals surface area contributed by atoms with Gasteiger partial charge >= 0.3 is 5.97 Å². The first-order chi connectivity index (χ1) is 18.5. The van der Waals surface area contributed by atoms with Crippen molar-refractivity contribution in [1.29, 1.82) is 0 Å². The van der Waals surface area contributed by atoms with Gasteiger partial charge in [-0.15, -0.1) is 0 Å². The average molecular weight is 507 g/mol. The third kappa shape index (κ3) is 4.28. The minimum absolute atomic E-state index is 0.0627. The lowest BCUT2D eigenvalue weighted by Crippen LogP contribution is -2.23. The Morgan fingerprint density at radius 2 is 1.82 bits per heavy atom. The van der Waals surface area contributed by atoms with Crippen LogP contribution in [0.2, 0.25) is 0 Å². The minimum Gasteiger partial charge on any atom is -0.478 e. The van der Waals surface area contributed by atoms with Crippen LogP contribution in [0.5, 0.6) is 0 Å². The summed E-state index contributed by atoms with van der Waals surface area (Å²) in [6.45, 7) is 3.87. The van der Waals surface area contributed by atoms with Gasteiger partial charge in [-0.25, -0.2) is 4.79 Å². The summed E-state index contributed by atoms with van der Waals surface area (Å²) in [5, 5.41) is 13.6. The molecule has 4 heterocycles. The van der Waals surface area contributed by atoms with Gasteiger partial charge in [0, 0.05) is 35.3 Å². The van der Waals surface area contributed by atoms with Crippen molar-refractivity contribution in [2.24, 2.45) is 5.92 Å². The average Bonchev–Trinajstić information content (AvgIpc) is 3.49. The summed E-state index contributed by atoms with van der Waals surface area (Å²) in [5.74, 6) is 0.285. The van der Waals surface area contributed by atoms with Crippen LogP contribution in [0.3, 0.4) is 0 Å². The Bertz CT molecular complexity index is 1580. The van der Waals surface area contributed by atoms with E-state index in [2.05, 4.69) is 34.1 Å². The molecule has 1 atom stereocenters. The van der Waals surface area contributed by atoms with Crippen molar-refractivity contribution in [2.45, 2.75) is 52.0 Å². The number of nitrogens with zero attached hydrogens (tertiary/aromatic N) is 4. The van der Waals surface area contributed by atoms with E-state index in [9.17, 15) is 9.90 Å². The molecular weight excluding hydrogens is 476 g/mol. The summed E-state index contributed by atoms with van der Waals surface area (Å²) >= 11 is 0. The van der Waals surface area contributed by atoms with Crippen LogP contribution >= 0.6 is 0 Å². The predicted molar refractivity (Wildman–Crippen MR) is 146 cm³/mol. The number of rotatable bonds is 6. The van der Waals surface area contributed by atoms with Gasteiger partial charge in [0.15, 0.2) is 0 Å². The third-order valence-corrected chi connectivity index (χ3v) is 7.82. The van der Waals surface area contributed by atoms with E-state index in [4.69, 9.17) is 14.5 Å². The van der Waals surface area contributed by atoms with E-state index < -0.39 is 5.97 Å². The van der Waals surface area contributed by atoms with Gasteiger partial charge in [0.25, 0.3) is 0 Å². The maximum atomic E-state index is 11.5. The fourth-order valence-corrected chi connectivity index (χ4v) is 6.00. The van der Waals surface area contributed by atoms with Crippen LogP contribution in [0.15, 0.2) is 71.6 Å². The first-order valence-corrected chi connectivity index (χ1v) is 13.2. The minimum atomic E-state index is -0.936. The zero-order valence-electron chi connectivity index (χ0n) is 21.6. The molecule has 0 bridgehead atoms. The second-order valence-electron chi connectivity index (χ2n) is 10.2. The van der Waals surface area contributed by atoms with E-state index in [1.807, 2.05) is 44.4 Å². The maximum absolute atomic E-state index is 11.5. The smallest absolute Gasteiger partial charge is 0.335 e. The molecule has 1 fully saturated rings. The van der Waals surface area contributed by atoms with Gasteiger partial charge in [-0.05, 0) is 68.5 Å². The fourth-order valence-electron chi connectivity index (χ4n) is 6.00. The highest BCUT2D eigenvalue weighted by atomic mass is 16.5. The van der Waals surface area contributed by atoms with Gasteiger partial charge in [0.05, 0.1) is 34.0 Å². The van der Waals surface area contributed by atoms with E-state index >= 15 is 0 Å². The molecule has 192 valence electrons. The SMILES string of the molecule is Cc1noc(C)c1-c1cnc2c(-c3ccc(C(=O)O)cc3)cn(C(c3ccccn3)C3CCCCC3)c2c1. The Hall–Kier alpha value is -4.26. The maximum Gasteiger partial charge on any atom is 0.335 e. The van der Waals surface area contributed by atoms with Crippen molar-refractivity contribution >= 4 is 17.0 Å². The number of carboxylic acid groups (broad SMARTS) is 1. The Labute approximate surface area is 221 Å². The highest BCUT2D eigenvalue weighted by Gasteiger charge is 2.30. The van der Waals surface area contributed by atoms with Gasteiger partial charge in [-0.3, -0.25) is 9.97 Å². The number of carbonyl (C=O) groups is 1. The van der Waals surface area contributed by atoms with Crippen LogP contribution in [0.1, 0.15) is 65.7 Å². The van der Waals surface area contributed by atoms with Crippen molar-refractivity contribution in [2.75, 3.05) is 0 Å². The number of pyridine rings is 2. The van der Waals surface area contributed by atoms with Gasteiger partial charge in [-0.1, -0.05) is 42.6 Å². The summed E-state index contributed by atoms with van der Waals surface area (Å²) < 4.78 is 7.82. The highest BCUT2D eigenvalue weighted by Crippen LogP contribution is 2.42. The molecule has 0 saturated heterocycles. The van der Waals surface area contributed by atoms with E-state index in [-0.39, 0.29) is 11.6 Å². The van der Waals surface area contributed by atoms with E-state index in [1.54, 1.807) is 12.1 Å².